The normalized spacial score (nSPS) is 18.2. The Morgan fingerprint density at radius 3 is 2.06 bits per heavy atom. The van der Waals surface area contributed by atoms with E-state index in [4.69, 9.17) is 0 Å². The summed E-state index contributed by atoms with van der Waals surface area (Å²) in [6.45, 7) is 4.38. The van der Waals surface area contributed by atoms with Gasteiger partial charge in [-0.2, -0.15) is 0 Å². The molecule has 0 fully saturated rings. The lowest BCUT2D eigenvalue weighted by molar-refractivity contribution is 0.743. The lowest BCUT2D eigenvalue weighted by Crippen LogP contribution is -2.19. The minimum absolute atomic E-state index is 0.247. The van der Waals surface area contributed by atoms with Gasteiger partial charge in [0.05, 0.1) is 6.04 Å². The fraction of sp³-hybridized carbons (Fsp3) is 0.0833. The summed E-state index contributed by atoms with van der Waals surface area (Å²) in [5.41, 5.74) is 17.1. The van der Waals surface area contributed by atoms with Crippen molar-refractivity contribution in [3.63, 3.8) is 0 Å². The van der Waals surface area contributed by atoms with Crippen molar-refractivity contribution in [1.29, 1.82) is 0 Å². The Kier molecular flexibility index (Phi) is 8.59. The number of hydrogen-bond donors (Lipinski definition) is 1. The smallest absolute Gasteiger partial charge is 0.0632 e. The highest BCUT2D eigenvalue weighted by atomic mass is 15.2. The number of fused-ring (bicyclic) bond motifs is 2. The summed E-state index contributed by atoms with van der Waals surface area (Å²) in [5.74, 6) is 0. The van der Waals surface area contributed by atoms with Crippen LogP contribution in [0.5, 0.6) is 0 Å². The molecule has 0 spiro atoms. The van der Waals surface area contributed by atoms with E-state index >= 15 is 0 Å². The van der Waals surface area contributed by atoms with Gasteiger partial charge < -0.3 is 10.2 Å². The zero-order valence-electron chi connectivity index (χ0n) is 28.6. The lowest BCUT2D eigenvalue weighted by atomic mass is 9.95. The van der Waals surface area contributed by atoms with Crippen molar-refractivity contribution in [2.75, 3.05) is 10.2 Å². The summed E-state index contributed by atoms with van der Waals surface area (Å²) in [4.78, 5) is 2.50. The number of rotatable bonds is 5. The highest BCUT2D eigenvalue weighted by Gasteiger charge is 2.31. The Bertz CT molecular complexity index is 2270. The Hall–Kier alpha value is -6.12. The number of aryl methyl sites for hydroxylation is 1. The van der Waals surface area contributed by atoms with Crippen LogP contribution in [-0.4, -0.2) is 0 Å². The van der Waals surface area contributed by atoms with Gasteiger partial charge in [-0.15, -0.1) is 0 Å². The maximum absolute atomic E-state index is 3.65. The van der Waals surface area contributed by atoms with Crippen LogP contribution in [-0.2, 0) is 6.42 Å². The summed E-state index contributed by atoms with van der Waals surface area (Å²) in [5, 5.41) is 3.65. The predicted molar refractivity (Wildman–Crippen MR) is 213 cm³/mol. The van der Waals surface area contributed by atoms with Gasteiger partial charge in [0, 0.05) is 23.3 Å². The molecule has 0 saturated carbocycles. The van der Waals surface area contributed by atoms with Gasteiger partial charge in [0.1, 0.15) is 0 Å². The molecular weight excluding hydrogens is 605 g/mol. The van der Waals surface area contributed by atoms with Gasteiger partial charge in [-0.1, -0.05) is 127 Å². The van der Waals surface area contributed by atoms with E-state index < -0.39 is 0 Å². The van der Waals surface area contributed by atoms with Crippen LogP contribution in [0.1, 0.15) is 46.3 Å². The number of allylic oxidation sites excluding steroid dienone is 6. The molecule has 2 nitrogen and oxygen atoms in total. The van der Waals surface area contributed by atoms with Gasteiger partial charge in [0.15, 0.2) is 0 Å². The molecule has 0 bridgehead atoms. The number of benzene rings is 6. The second-order valence-electron chi connectivity index (χ2n) is 13.2. The fourth-order valence-corrected chi connectivity index (χ4v) is 7.33. The molecule has 2 heterocycles. The van der Waals surface area contributed by atoms with Gasteiger partial charge in [-0.3, -0.25) is 0 Å². The standard InChI is InChI=1S/C48H40N2/c1-34-14-12-13-21-44(34)45-28-29-49-46-26-24-39(31-41(46)30-38(23-22-35(45)2)36-15-6-3-7-16-36)40-25-27-47-42(32-40)33-48(37-17-8-4-9-18-37)50(47)43-19-10-5-11-20-43/h3-32,48-49H,33H2,1-2H3/b23-22-,29-28+,38-30?,45-35+. The highest BCUT2D eigenvalue weighted by molar-refractivity contribution is 5.93. The van der Waals surface area contributed by atoms with Crippen LogP contribution < -0.4 is 10.2 Å². The van der Waals surface area contributed by atoms with Crippen molar-refractivity contribution in [2.24, 2.45) is 0 Å². The zero-order chi connectivity index (χ0) is 33.9. The van der Waals surface area contributed by atoms with E-state index in [1.807, 2.05) is 0 Å². The molecule has 1 N–H and O–H groups in total. The van der Waals surface area contributed by atoms with Crippen molar-refractivity contribution in [2.45, 2.75) is 26.3 Å². The van der Waals surface area contributed by atoms with E-state index in [1.54, 1.807) is 0 Å². The van der Waals surface area contributed by atoms with Gasteiger partial charge in [0.2, 0.25) is 0 Å². The molecular formula is C48H40N2. The van der Waals surface area contributed by atoms with Gasteiger partial charge in [0.25, 0.3) is 0 Å². The summed E-state index contributed by atoms with van der Waals surface area (Å²) in [6.07, 6.45) is 12.1. The predicted octanol–water partition coefficient (Wildman–Crippen LogP) is 12.6. The van der Waals surface area contributed by atoms with Crippen LogP contribution in [0.15, 0.2) is 182 Å². The lowest BCUT2D eigenvalue weighted by Gasteiger charge is -2.28. The topological polar surface area (TPSA) is 15.3 Å². The summed E-state index contributed by atoms with van der Waals surface area (Å²) in [6, 6.07) is 55.0. The molecule has 0 saturated heterocycles. The largest absolute Gasteiger partial charge is 0.361 e. The molecule has 2 heteroatoms. The van der Waals surface area contributed by atoms with E-state index in [9.17, 15) is 0 Å². The second kappa shape index (κ2) is 13.8. The molecule has 0 amide bonds. The number of nitrogens with zero attached hydrogens (tertiary/aromatic N) is 1. The number of nitrogens with one attached hydrogen (secondary N) is 1. The number of para-hydroxylation sites is 1. The quantitative estimate of drug-likeness (QED) is 0.201. The molecule has 2 aliphatic rings. The van der Waals surface area contributed by atoms with Crippen molar-refractivity contribution in [1.82, 2.24) is 0 Å². The first kappa shape index (κ1) is 31.2. The molecule has 2 aliphatic heterocycles. The molecule has 0 radical (unpaired) electrons. The van der Waals surface area contributed by atoms with E-state index in [0.717, 1.165) is 23.2 Å². The molecule has 0 aliphatic carbocycles. The third-order valence-corrected chi connectivity index (χ3v) is 9.95. The minimum atomic E-state index is 0.247. The first-order chi connectivity index (χ1) is 24.6. The molecule has 1 unspecified atom stereocenters. The van der Waals surface area contributed by atoms with Crippen LogP contribution in [0, 0.1) is 6.92 Å². The van der Waals surface area contributed by atoms with Gasteiger partial charge >= 0.3 is 0 Å². The van der Waals surface area contributed by atoms with Gasteiger partial charge in [-0.05, 0) is 130 Å². The molecule has 0 aromatic heterocycles. The molecule has 50 heavy (non-hydrogen) atoms. The summed E-state index contributed by atoms with van der Waals surface area (Å²) < 4.78 is 0. The Balaban J connectivity index is 1.21. The monoisotopic (exact) mass is 644 g/mol. The Morgan fingerprint density at radius 1 is 0.600 bits per heavy atom. The molecule has 242 valence electrons. The van der Waals surface area contributed by atoms with Gasteiger partial charge in [-0.25, -0.2) is 0 Å². The molecule has 1 atom stereocenters. The van der Waals surface area contributed by atoms with Crippen LogP contribution in [0.4, 0.5) is 17.1 Å². The van der Waals surface area contributed by atoms with Crippen LogP contribution in [0.25, 0.3) is 28.3 Å². The minimum Gasteiger partial charge on any atom is -0.361 e. The van der Waals surface area contributed by atoms with Crippen LogP contribution in [0.3, 0.4) is 0 Å². The summed E-state index contributed by atoms with van der Waals surface area (Å²) in [7, 11) is 0. The maximum atomic E-state index is 3.65. The Morgan fingerprint density at radius 2 is 1.28 bits per heavy atom. The molecule has 6 aromatic rings. The average molecular weight is 645 g/mol. The van der Waals surface area contributed by atoms with E-state index in [1.165, 1.54) is 61.5 Å². The van der Waals surface area contributed by atoms with Crippen LogP contribution in [0.2, 0.25) is 0 Å². The van der Waals surface area contributed by atoms with E-state index in [-0.39, 0.29) is 6.04 Å². The third kappa shape index (κ3) is 6.24. The first-order valence-corrected chi connectivity index (χ1v) is 17.4. The third-order valence-electron chi connectivity index (χ3n) is 9.95. The molecule has 8 rings (SSSR count). The highest BCUT2D eigenvalue weighted by Crippen LogP contribution is 2.46. The number of anilines is 3. The Labute approximate surface area is 296 Å². The maximum Gasteiger partial charge on any atom is 0.0632 e. The van der Waals surface area contributed by atoms with E-state index in [0.29, 0.717) is 0 Å². The van der Waals surface area contributed by atoms with Crippen molar-refractivity contribution < 1.29 is 0 Å². The second-order valence-corrected chi connectivity index (χ2v) is 13.2. The first-order valence-electron chi connectivity index (χ1n) is 17.4. The average Bonchev–Trinajstić information content (AvgIpc) is 3.54. The molecule has 6 aromatic carbocycles. The van der Waals surface area contributed by atoms with Crippen LogP contribution >= 0.6 is 0 Å². The SMILES string of the molecule is CC1=C(c2ccccc2C)/C=C/Nc2ccc(-c3ccc4c(c3)CC(c3ccccc3)N4c3ccccc3)cc2C=C(c2ccccc2)/C=C\1. The fourth-order valence-electron chi connectivity index (χ4n) is 7.33. The van der Waals surface area contributed by atoms with Crippen molar-refractivity contribution in [3.8, 4) is 11.1 Å². The zero-order valence-corrected chi connectivity index (χ0v) is 28.6. The van der Waals surface area contributed by atoms with Crippen molar-refractivity contribution >= 4 is 34.3 Å². The van der Waals surface area contributed by atoms with E-state index in [2.05, 4.69) is 206 Å². The van der Waals surface area contributed by atoms with Crippen molar-refractivity contribution in [3.05, 3.63) is 215 Å². The summed E-state index contributed by atoms with van der Waals surface area (Å²) >= 11 is 0. The number of hydrogen-bond acceptors (Lipinski definition) is 2.